The zero-order chi connectivity index (χ0) is 17.9. The Kier molecular flexibility index (Phi) is 4.67. The summed E-state index contributed by atoms with van der Waals surface area (Å²) in [5, 5.41) is 18.8. The fourth-order valence-corrected chi connectivity index (χ4v) is 4.39. The van der Waals surface area contributed by atoms with Gasteiger partial charge in [0.2, 0.25) is 0 Å². The number of hydrogen-bond donors (Lipinski definition) is 2. The van der Waals surface area contributed by atoms with Crippen molar-refractivity contribution in [3.05, 3.63) is 47.7 Å². The zero-order valence-corrected chi connectivity index (χ0v) is 14.1. The lowest BCUT2D eigenvalue weighted by Gasteiger charge is -2.09. The maximum absolute atomic E-state index is 12.3. The molecule has 2 heterocycles. The number of carbonyl (C=O) groups is 1. The second-order valence-corrected chi connectivity index (χ2v) is 8.04. The first kappa shape index (κ1) is 16.9. The minimum atomic E-state index is -3.10. The molecule has 0 aliphatic carbocycles. The van der Waals surface area contributed by atoms with E-state index in [4.69, 9.17) is 0 Å². The molecule has 7 nitrogen and oxygen atoms in total. The van der Waals surface area contributed by atoms with E-state index in [1.165, 1.54) is 12.3 Å². The Bertz CT molecular complexity index is 955. The van der Waals surface area contributed by atoms with Crippen molar-refractivity contribution in [2.75, 3.05) is 11.5 Å². The van der Waals surface area contributed by atoms with Crippen molar-refractivity contribution in [3.63, 3.8) is 0 Å². The van der Waals surface area contributed by atoms with Gasteiger partial charge in [0.25, 0.3) is 5.91 Å². The number of nitrogens with one attached hydrogen (secondary N) is 2. The van der Waals surface area contributed by atoms with Gasteiger partial charge in [0.15, 0.2) is 9.84 Å². The van der Waals surface area contributed by atoms with E-state index in [9.17, 15) is 18.5 Å². The molecule has 128 valence electrons. The Morgan fingerprint density at radius 1 is 1.36 bits per heavy atom. The molecule has 3 rings (SSSR count). The molecule has 1 aromatic heterocycles. The molecule has 2 aromatic rings. The molecule has 1 atom stereocenters. The van der Waals surface area contributed by atoms with Crippen molar-refractivity contribution < 1.29 is 13.2 Å². The molecule has 0 unspecified atom stereocenters. The normalized spacial score (nSPS) is 19.3. The lowest BCUT2D eigenvalue weighted by molar-refractivity contribution is -0.117. The zero-order valence-electron chi connectivity index (χ0n) is 13.3. The number of rotatable bonds is 4. The van der Waals surface area contributed by atoms with Crippen LogP contribution < -0.4 is 5.32 Å². The third-order valence-electron chi connectivity index (χ3n) is 3.96. The van der Waals surface area contributed by atoms with Crippen LogP contribution in [0, 0.1) is 11.3 Å². The van der Waals surface area contributed by atoms with Crippen molar-refractivity contribution in [1.29, 1.82) is 5.26 Å². The molecule has 8 heteroatoms. The van der Waals surface area contributed by atoms with E-state index >= 15 is 0 Å². The van der Waals surface area contributed by atoms with Crippen LogP contribution in [0.5, 0.6) is 0 Å². The van der Waals surface area contributed by atoms with Gasteiger partial charge in [-0.25, -0.2) is 8.42 Å². The van der Waals surface area contributed by atoms with Crippen LogP contribution in [-0.2, 0) is 14.6 Å². The lowest BCUT2D eigenvalue weighted by Crippen LogP contribution is -2.36. The second kappa shape index (κ2) is 6.91. The first-order valence-corrected chi connectivity index (χ1v) is 9.52. The van der Waals surface area contributed by atoms with E-state index in [2.05, 4.69) is 15.5 Å². The molecule has 1 aliphatic heterocycles. The SMILES string of the molecule is N#C/C(=C\c1cn[nH]c1-c1ccccc1)C(=O)N[C@@H]1CCS(=O)(=O)C1. The number of hydrogen-bond acceptors (Lipinski definition) is 5. The van der Waals surface area contributed by atoms with Crippen molar-refractivity contribution in [2.45, 2.75) is 12.5 Å². The van der Waals surface area contributed by atoms with Gasteiger partial charge in [-0.15, -0.1) is 0 Å². The van der Waals surface area contributed by atoms with Crippen LogP contribution in [-0.4, -0.2) is 42.1 Å². The molecule has 0 saturated carbocycles. The predicted molar refractivity (Wildman–Crippen MR) is 92.8 cm³/mol. The standard InChI is InChI=1S/C17H16N4O3S/c18-9-13(17(22)20-15-6-7-25(23,24)11-15)8-14-10-19-21-16(14)12-4-2-1-3-5-12/h1-5,8,10,15H,6-7,11H2,(H,19,21)(H,20,22)/b13-8+/t15-/m1/s1. The molecule has 1 fully saturated rings. The third kappa shape index (κ3) is 3.95. The molecule has 2 N–H and O–H groups in total. The minimum absolute atomic E-state index is 0.0590. The second-order valence-electron chi connectivity index (χ2n) is 5.81. The van der Waals surface area contributed by atoms with Crippen LogP contribution in [0.1, 0.15) is 12.0 Å². The summed E-state index contributed by atoms with van der Waals surface area (Å²) in [5.74, 6) is -0.605. The Morgan fingerprint density at radius 3 is 2.76 bits per heavy atom. The van der Waals surface area contributed by atoms with Gasteiger partial charge in [-0.3, -0.25) is 9.89 Å². The number of sulfone groups is 1. The van der Waals surface area contributed by atoms with E-state index in [1.54, 1.807) is 0 Å². The fraction of sp³-hybridized carbons (Fsp3) is 0.235. The van der Waals surface area contributed by atoms with E-state index in [0.29, 0.717) is 17.7 Å². The summed E-state index contributed by atoms with van der Waals surface area (Å²) in [6, 6.07) is 10.8. The monoisotopic (exact) mass is 356 g/mol. The van der Waals surface area contributed by atoms with Crippen LogP contribution in [0.4, 0.5) is 0 Å². The summed E-state index contributed by atoms with van der Waals surface area (Å²) >= 11 is 0. The Labute approximate surface area is 145 Å². The van der Waals surface area contributed by atoms with Crippen LogP contribution >= 0.6 is 0 Å². The Balaban J connectivity index is 1.81. The molecule has 0 radical (unpaired) electrons. The maximum Gasteiger partial charge on any atom is 0.262 e. The van der Waals surface area contributed by atoms with Gasteiger partial charge in [-0.05, 0) is 12.5 Å². The summed E-state index contributed by atoms with van der Waals surface area (Å²) < 4.78 is 23.0. The van der Waals surface area contributed by atoms with Crippen LogP contribution in [0.2, 0.25) is 0 Å². The third-order valence-corrected chi connectivity index (χ3v) is 5.73. The van der Waals surface area contributed by atoms with Crippen molar-refractivity contribution in [3.8, 4) is 17.3 Å². The highest BCUT2D eigenvalue weighted by Crippen LogP contribution is 2.23. The Morgan fingerprint density at radius 2 is 2.12 bits per heavy atom. The topological polar surface area (TPSA) is 116 Å². The van der Waals surface area contributed by atoms with Crippen LogP contribution in [0.3, 0.4) is 0 Å². The number of nitriles is 1. The van der Waals surface area contributed by atoms with E-state index in [0.717, 1.165) is 5.56 Å². The average Bonchev–Trinajstić information content (AvgIpc) is 3.19. The lowest BCUT2D eigenvalue weighted by atomic mass is 10.1. The highest BCUT2D eigenvalue weighted by atomic mass is 32.2. The summed E-state index contributed by atoms with van der Waals surface area (Å²) in [4.78, 5) is 12.3. The Hall–Kier alpha value is -2.92. The van der Waals surface area contributed by atoms with Gasteiger partial charge in [-0.1, -0.05) is 30.3 Å². The number of amides is 1. The van der Waals surface area contributed by atoms with E-state index in [1.807, 2.05) is 36.4 Å². The molecule has 1 aliphatic rings. The van der Waals surface area contributed by atoms with Gasteiger partial charge >= 0.3 is 0 Å². The van der Waals surface area contributed by atoms with Crippen molar-refractivity contribution in [2.24, 2.45) is 0 Å². The highest BCUT2D eigenvalue weighted by molar-refractivity contribution is 7.91. The quantitative estimate of drug-likeness (QED) is 0.632. The number of benzene rings is 1. The summed E-state index contributed by atoms with van der Waals surface area (Å²) in [5.41, 5.74) is 2.09. The number of H-pyrrole nitrogens is 1. The van der Waals surface area contributed by atoms with Gasteiger partial charge in [0.1, 0.15) is 11.6 Å². The molecule has 1 amide bonds. The van der Waals surface area contributed by atoms with Crippen molar-refractivity contribution >= 4 is 21.8 Å². The average molecular weight is 356 g/mol. The van der Waals surface area contributed by atoms with Crippen LogP contribution in [0.15, 0.2) is 42.1 Å². The molecule has 1 saturated heterocycles. The summed E-state index contributed by atoms with van der Waals surface area (Å²) in [7, 11) is -3.10. The van der Waals surface area contributed by atoms with Gasteiger partial charge in [-0.2, -0.15) is 10.4 Å². The van der Waals surface area contributed by atoms with Gasteiger partial charge < -0.3 is 5.32 Å². The molecular weight excluding hydrogens is 340 g/mol. The maximum atomic E-state index is 12.3. The minimum Gasteiger partial charge on any atom is -0.348 e. The first-order chi connectivity index (χ1) is 12.0. The van der Waals surface area contributed by atoms with Gasteiger partial charge in [0.05, 0.1) is 23.4 Å². The first-order valence-electron chi connectivity index (χ1n) is 7.70. The highest BCUT2D eigenvalue weighted by Gasteiger charge is 2.29. The smallest absolute Gasteiger partial charge is 0.262 e. The van der Waals surface area contributed by atoms with Crippen molar-refractivity contribution in [1.82, 2.24) is 15.5 Å². The number of nitrogens with zero attached hydrogens (tertiary/aromatic N) is 2. The number of aromatic amines is 1. The predicted octanol–water partition coefficient (Wildman–Crippen LogP) is 1.29. The van der Waals surface area contributed by atoms with Crippen LogP contribution in [0.25, 0.3) is 17.3 Å². The molecule has 25 heavy (non-hydrogen) atoms. The molecular formula is C17H16N4O3S. The van der Waals surface area contributed by atoms with E-state index in [-0.39, 0.29) is 17.1 Å². The summed E-state index contributed by atoms with van der Waals surface area (Å²) in [6.07, 6.45) is 3.35. The fourth-order valence-electron chi connectivity index (χ4n) is 2.72. The number of aromatic nitrogens is 2. The summed E-state index contributed by atoms with van der Waals surface area (Å²) in [6.45, 7) is 0. The number of carbonyl (C=O) groups excluding carboxylic acids is 1. The molecule has 0 bridgehead atoms. The largest absolute Gasteiger partial charge is 0.348 e. The molecule has 1 aromatic carbocycles. The molecule has 0 spiro atoms. The van der Waals surface area contributed by atoms with E-state index < -0.39 is 21.8 Å². The van der Waals surface area contributed by atoms with Gasteiger partial charge in [0, 0.05) is 17.2 Å².